The number of amides is 2. The summed E-state index contributed by atoms with van der Waals surface area (Å²) in [6.07, 6.45) is -1.23. The molecule has 1 atom stereocenters. The molecule has 4 aromatic rings. The quantitative estimate of drug-likeness (QED) is 0.403. The van der Waals surface area contributed by atoms with Crippen molar-refractivity contribution in [1.29, 1.82) is 0 Å². The standard InChI is InChI=1S/C24H22F3N7O3/c1-14(18-6-5-16(12-19(18)25)22-30-31-23(37-22)21(26)27)34-13-20(29-32-34)15-3-2-4-17(11-15)28-24(35)33-7-9-36-10-8-33/h2-6,11-14,21H,7-10H2,1H3,(H,28,35). The summed E-state index contributed by atoms with van der Waals surface area (Å²) in [6, 6.07) is 10.6. The van der Waals surface area contributed by atoms with Crippen molar-refractivity contribution < 1.29 is 27.1 Å². The number of aromatic nitrogens is 5. The highest BCUT2D eigenvalue weighted by Gasteiger charge is 2.21. The van der Waals surface area contributed by atoms with E-state index in [-0.39, 0.29) is 17.5 Å². The third kappa shape index (κ3) is 5.31. The fraction of sp³-hybridized carbons (Fsp3) is 0.292. The monoisotopic (exact) mass is 513 g/mol. The van der Waals surface area contributed by atoms with Gasteiger partial charge in [0.05, 0.1) is 25.5 Å². The van der Waals surface area contributed by atoms with E-state index < -0.39 is 24.2 Å². The van der Waals surface area contributed by atoms with Gasteiger partial charge in [0, 0.05) is 35.5 Å². The molecule has 0 saturated carbocycles. The lowest BCUT2D eigenvalue weighted by Gasteiger charge is -2.26. The van der Waals surface area contributed by atoms with Gasteiger partial charge in [0.1, 0.15) is 11.5 Å². The maximum Gasteiger partial charge on any atom is 0.321 e. The number of halogens is 3. The van der Waals surface area contributed by atoms with Gasteiger partial charge in [-0.2, -0.15) is 8.78 Å². The number of ether oxygens (including phenoxy) is 1. The van der Waals surface area contributed by atoms with E-state index >= 15 is 0 Å². The number of benzene rings is 2. The van der Waals surface area contributed by atoms with Gasteiger partial charge in [0.2, 0.25) is 5.89 Å². The predicted octanol–water partition coefficient (Wildman–Crippen LogP) is 4.55. The molecule has 3 heterocycles. The average Bonchev–Trinajstić information content (AvgIpc) is 3.60. The molecular formula is C24H22F3N7O3. The van der Waals surface area contributed by atoms with Crippen LogP contribution in [0.4, 0.5) is 23.7 Å². The van der Waals surface area contributed by atoms with E-state index in [1.54, 1.807) is 36.2 Å². The van der Waals surface area contributed by atoms with Gasteiger partial charge in [-0.25, -0.2) is 13.9 Å². The fourth-order valence-corrected chi connectivity index (χ4v) is 3.90. The van der Waals surface area contributed by atoms with Crippen LogP contribution in [0.5, 0.6) is 0 Å². The molecule has 192 valence electrons. The molecule has 1 N–H and O–H groups in total. The van der Waals surface area contributed by atoms with E-state index in [1.807, 2.05) is 6.07 Å². The maximum absolute atomic E-state index is 14.9. The number of nitrogens with zero attached hydrogens (tertiary/aromatic N) is 6. The Labute approximate surface area is 209 Å². The molecule has 0 aliphatic carbocycles. The van der Waals surface area contributed by atoms with Crippen LogP contribution in [0, 0.1) is 5.82 Å². The van der Waals surface area contributed by atoms with Gasteiger partial charge in [-0.3, -0.25) is 0 Å². The molecule has 0 radical (unpaired) electrons. The Balaban J connectivity index is 1.31. The lowest BCUT2D eigenvalue weighted by atomic mass is 10.1. The first-order valence-corrected chi connectivity index (χ1v) is 11.5. The number of alkyl halides is 2. The van der Waals surface area contributed by atoms with Crippen LogP contribution in [0.2, 0.25) is 0 Å². The summed E-state index contributed by atoms with van der Waals surface area (Å²) < 4.78 is 52.0. The van der Waals surface area contributed by atoms with Crippen LogP contribution in [-0.4, -0.2) is 62.4 Å². The molecule has 1 saturated heterocycles. The summed E-state index contributed by atoms with van der Waals surface area (Å²) >= 11 is 0. The van der Waals surface area contributed by atoms with Crippen LogP contribution in [0.25, 0.3) is 22.7 Å². The number of nitrogens with one attached hydrogen (secondary N) is 1. The highest BCUT2D eigenvalue weighted by molar-refractivity contribution is 5.90. The first-order chi connectivity index (χ1) is 17.9. The zero-order chi connectivity index (χ0) is 25.9. The smallest absolute Gasteiger partial charge is 0.321 e. The van der Waals surface area contributed by atoms with Crippen molar-refractivity contribution in [3.8, 4) is 22.7 Å². The number of hydrogen-bond acceptors (Lipinski definition) is 7. The van der Waals surface area contributed by atoms with Crippen LogP contribution in [0.1, 0.15) is 30.8 Å². The van der Waals surface area contributed by atoms with Crippen molar-refractivity contribution >= 4 is 11.7 Å². The average molecular weight is 513 g/mol. The number of carbonyl (C=O) groups excluding carboxylic acids is 1. The molecule has 37 heavy (non-hydrogen) atoms. The lowest BCUT2D eigenvalue weighted by Crippen LogP contribution is -2.43. The van der Waals surface area contributed by atoms with Crippen molar-refractivity contribution in [2.45, 2.75) is 19.4 Å². The fourth-order valence-electron chi connectivity index (χ4n) is 3.90. The van der Waals surface area contributed by atoms with Crippen molar-refractivity contribution in [3.63, 3.8) is 0 Å². The Kier molecular flexibility index (Phi) is 6.86. The first kappa shape index (κ1) is 24.4. The molecule has 0 bridgehead atoms. The number of urea groups is 1. The SMILES string of the molecule is CC(c1ccc(-c2nnc(C(F)F)o2)cc1F)n1cc(-c2cccc(NC(=O)N3CCOCC3)c2)nn1. The van der Waals surface area contributed by atoms with Crippen molar-refractivity contribution in [1.82, 2.24) is 30.1 Å². The Morgan fingerprint density at radius 3 is 2.59 bits per heavy atom. The summed E-state index contributed by atoms with van der Waals surface area (Å²) in [6.45, 7) is 3.82. The van der Waals surface area contributed by atoms with E-state index in [4.69, 9.17) is 9.15 Å². The maximum atomic E-state index is 14.9. The zero-order valence-electron chi connectivity index (χ0n) is 19.6. The van der Waals surface area contributed by atoms with Gasteiger partial charge in [0.25, 0.3) is 5.89 Å². The summed E-state index contributed by atoms with van der Waals surface area (Å²) in [5.74, 6) is -1.61. The molecule has 2 aromatic carbocycles. The van der Waals surface area contributed by atoms with Crippen molar-refractivity contribution in [2.24, 2.45) is 0 Å². The molecule has 1 unspecified atom stereocenters. The zero-order valence-corrected chi connectivity index (χ0v) is 19.6. The number of anilines is 1. The molecule has 1 aliphatic rings. The largest absolute Gasteiger partial charge is 0.415 e. The van der Waals surface area contributed by atoms with Gasteiger partial charge in [-0.15, -0.1) is 15.3 Å². The van der Waals surface area contributed by atoms with E-state index in [0.29, 0.717) is 43.2 Å². The second-order valence-corrected chi connectivity index (χ2v) is 8.35. The van der Waals surface area contributed by atoms with Crippen LogP contribution in [-0.2, 0) is 4.74 Å². The van der Waals surface area contributed by atoms with Gasteiger partial charge in [0.15, 0.2) is 0 Å². The molecule has 10 nitrogen and oxygen atoms in total. The third-order valence-electron chi connectivity index (χ3n) is 5.94. The Morgan fingerprint density at radius 1 is 1.05 bits per heavy atom. The van der Waals surface area contributed by atoms with Gasteiger partial charge in [-0.1, -0.05) is 23.4 Å². The highest BCUT2D eigenvalue weighted by atomic mass is 19.3. The van der Waals surface area contributed by atoms with Gasteiger partial charge < -0.3 is 19.4 Å². The molecule has 1 aliphatic heterocycles. The normalized spacial score (nSPS) is 14.7. The Hall–Kier alpha value is -4.26. The van der Waals surface area contributed by atoms with E-state index in [9.17, 15) is 18.0 Å². The first-order valence-electron chi connectivity index (χ1n) is 11.5. The Bertz CT molecular complexity index is 1400. The van der Waals surface area contributed by atoms with E-state index in [0.717, 1.165) is 11.6 Å². The van der Waals surface area contributed by atoms with Crippen molar-refractivity contribution in [3.05, 3.63) is 65.9 Å². The molecule has 2 amide bonds. The molecular weight excluding hydrogens is 491 g/mol. The minimum atomic E-state index is -2.91. The highest BCUT2D eigenvalue weighted by Crippen LogP contribution is 2.29. The second kappa shape index (κ2) is 10.4. The van der Waals surface area contributed by atoms with Gasteiger partial charge in [-0.05, 0) is 31.2 Å². The van der Waals surface area contributed by atoms with Crippen LogP contribution >= 0.6 is 0 Å². The molecule has 1 fully saturated rings. The molecule has 0 spiro atoms. The minimum Gasteiger partial charge on any atom is -0.415 e. The third-order valence-corrected chi connectivity index (χ3v) is 5.94. The molecule has 2 aromatic heterocycles. The summed E-state index contributed by atoms with van der Waals surface area (Å²) in [5.41, 5.74) is 2.36. The van der Waals surface area contributed by atoms with E-state index in [2.05, 4.69) is 25.8 Å². The molecule has 13 heteroatoms. The van der Waals surface area contributed by atoms with Crippen LogP contribution in [0.3, 0.4) is 0 Å². The van der Waals surface area contributed by atoms with Crippen molar-refractivity contribution in [2.75, 3.05) is 31.6 Å². The summed E-state index contributed by atoms with van der Waals surface area (Å²) in [7, 11) is 0. The second-order valence-electron chi connectivity index (χ2n) is 8.35. The predicted molar refractivity (Wildman–Crippen MR) is 125 cm³/mol. The summed E-state index contributed by atoms with van der Waals surface area (Å²) in [5, 5.41) is 18.0. The number of carbonyl (C=O) groups is 1. The molecule has 5 rings (SSSR count). The number of rotatable bonds is 6. The topological polar surface area (TPSA) is 111 Å². The lowest BCUT2D eigenvalue weighted by molar-refractivity contribution is 0.0564. The van der Waals surface area contributed by atoms with Crippen LogP contribution < -0.4 is 5.32 Å². The summed E-state index contributed by atoms with van der Waals surface area (Å²) in [4.78, 5) is 14.2. The van der Waals surface area contributed by atoms with E-state index in [1.165, 1.54) is 16.8 Å². The van der Waals surface area contributed by atoms with Gasteiger partial charge >= 0.3 is 12.5 Å². The number of hydrogen-bond donors (Lipinski definition) is 1. The van der Waals surface area contributed by atoms with Crippen LogP contribution in [0.15, 0.2) is 53.1 Å². The minimum absolute atomic E-state index is 0.183. The number of morpholine rings is 1. The Morgan fingerprint density at radius 2 is 1.86 bits per heavy atom.